The number of amides is 2. The molecule has 0 aromatic heterocycles. The van der Waals surface area contributed by atoms with E-state index in [-0.39, 0.29) is 17.4 Å². The molecule has 3 N–H and O–H groups in total. The summed E-state index contributed by atoms with van der Waals surface area (Å²) in [6.45, 7) is 8.21. The highest BCUT2D eigenvalue weighted by atomic mass is 16.2. The van der Waals surface area contributed by atoms with Crippen LogP contribution in [0.2, 0.25) is 0 Å². The van der Waals surface area contributed by atoms with Gasteiger partial charge in [-0.15, -0.1) is 0 Å². The molecule has 22 heavy (non-hydrogen) atoms. The number of nitrogens with one attached hydrogen (secondary N) is 3. The van der Waals surface area contributed by atoms with Crippen molar-refractivity contribution in [2.75, 3.05) is 13.6 Å². The molecule has 122 valence electrons. The smallest absolute Gasteiger partial charge is 0.252 e. The molecule has 0 spiro atoms. The van der Waals surface area contributed by atoms with Crippen LogP contribution >= 0.6 is 0 Å². The molecule has 0 aliphatic heterocycles. The second-order valence-corrected chi connectivity index (χ2v) is 6.45. The number of hydrogen-bond acceptors (Lipinski definition) is 3. The van der Waals surface area contributed by atoms with Crippen LogP contribution in [0, 0.1) is 0 Å². The quantitative estimate of drug-likeness (QED) is 0.745. The van der Waals surface area contributed by atoms with Crippen LogP contribution in [-0.4, -0.2) is 37.0 Å². The van der Waals surface area contributed by atoms with Crippen LogP contribution < -0.4 is 16.0 Å². The molecule has 5 nitrogen and oxygen atoms in total. The molecular weight excluding hydrogens is 278 g/mol. The molecule has 2 amide bonds. The summed E-state index contributed by atoms with van der Waals surface area (Å²) in [5.74, 6) is -0.406. The van der Waals surface area contributed by atoms with Crippen LogP contribution in [0.5, 0.6) is 0 Å². The highest BCUT2D eigenvalue weighted by molar-refractivity contribution is 5.98. The first-order valence-electron chi connectivity index (χ1n) is 7.60. The number of likely N-dealkylation sites (N-methyl/N-ethyl adjacent to an activating group) is 1. The molecule has 0 fully saturated rings. The Kier molecular flexibility index (Phi) is 6.56. The summed E-state index contributed by atoms with van der Waals surface area (Å²) in [5.41, 5.74) is 1.27. The summed E-state index contributed by atoms with van der Waals surface area (Å²) in [5, 5.41) is 8.70. The molecule has 5 heteroatoms. The summed E-state index contributed by atoms with van der Waals surface area (Å²) in [4.78, 5) is 24.4. The van der Waals surface area contributed by atoms with E-state index in [1.165, 1.54) is 0 Å². The minimum absolute atomic E-state index is 0.187. The average molecular weight is 305 g/mol. The average Bonchev–Trinajstić information content (AvgIpc) is 2.43. The van der Waals surface area contributed by atoms with Gasteiger partial charge in [0.15, 0.2) is 0 Å². The van der Waals surface area contributed by atoms with Crippen LogP contribution in [0.4, 0.5) is 0 Å². The molecule has 1 rings (SSSR count). The number of carbonyl (C=O) groups is 2. The molecule has 0 aliphatic rings. The number of rotatable bonds is 6. The molecule has 1 aromatic carbocycles. The maximum Gasteiger partial charge on any atom is 0.252 e. The van der Waals surface area contributed by atoms with Gasteiger partial charge in [0.2, 0.25) is 5.91 Å². The van der Waals surface area contributed by atoms with Gasteiger partial charge in [-0.2, -0.15) is 0 Å². The van der Waals surface area contributed by atoms with Crippen LogP contribution in [-0.2, 0) is 11.2 Å². The SMILES string of the molecule is CNCCc1ccccc1C(=O)NC(C)C(=O)NC(C)(C)C. The molecule has 0 saturated carbocycles. The Morgan fingerprint density at radius 2 is 1.82 bits per heavy atom. The standard InChI is InChI=1S/C17H27N3O2/c1-12(15(21)20-17(2,3)4)19-16(22)14-9-7-6-8-13(14)10-11-18-5/h6-9,12,18H,10-11H2,1-5H3,(H,19,22)(H,20,21). The molecule has 0 saturated heterocycles. The van der Waals surface area contributed by atoms with Crippen LogP contribution in [0.3, 0.4) is 0 Å². The monoisotopic (exact) mass is 305 g/mol. The van der Waals surface area contributed by atoms with E-state index in [2.05, 4.69) is 16.0 Å². The Morgan fingerprint density at radius 1 is 1.18 bits per heavy atom. The summed E-state index contributed by atoms with van der Waals surface area (Å²) in [6, 6.07) is 6.89. The molecule has 0 bridgehead atoms. The molecule has 1 atom stereocenters. The third-order valence-electron chi connectivity index (χ3n) is 3.15. The zero-order valence-electron chi connectivity index (χ0n) is 14.1. The maximum absolute atomic E-state index is 12.4. The first kappa shape index (κ1) is 18.2. The van der Waals surface area contributed by atoms with E-state index in [0.29, 0.717) is 5.56 Å². The van der Waals surface area contributed by atoms with Crippen molar-refractivity contribution < 1.29 is 9.59 Å². The fraction of sp³-hybridized carbons (Fsp3) is 0.529. The fourth-order valence-electron chi connectivity index (χ4n) is 2.04. The summed E-state index contributed by atoms with van der Waals surface area (Å²) >= 11 is 0. The molecular formula is C17H27N3O2. The van der Waals surface area contributed by atoms with Crippen molar-refractivity contribution in [1.82, 2.24) is 16.0 Å². The van der Waals surface area contributed by atoms with Crippen molar-refractivity contribution in [3.63, 3.8) is 0 Å². The van der Waals surface area contributed by atoms with Crippen LogP contribution in [0.1, 0.15) is 43.6 Å². The minimum atomic E-state index is -0.580. The lowest BCUT2D eigenvalue weighted by atomic mass is 10.0. The fourth-order valence-corrected chi connectivity index (χ4v) is 2.04. The predicted octanol–water partition coefficient (Wildman–Crippen LogP) is 1.48. The van der Waals surface area contributed by atoms with E-state index in [9.17, 15) is 9.59 Å². The van der Waals surface area contributed by atoms with E-state index in [1.807, 2.05) is 46.0 Å². The third kappa shape index (κ3) is 5.85. The second kappa shape index (κ2) is 7.94. The number of hydrogen-bond donors (Lipinski definition) is 3. The van der Waals surface area contributed by atoms with E-state index < -0.39 is 6.04 Å². The minimum Gasteiger partial charge on any atom is -0.350 e. The van der Waals surface area contributed by atoms with Crippen LogP contribution in [0.25, 0.3) is 0 Å². The Labute approximate surface area is 132 Å². The van der Waals surface area contributed by atoms with Crippen molar-refractivity contribution >= 4 is 11.8 Å². The van der Waals surface area contributed by atoms with Crippen LogP contribution in [0.15, 0.2) is 24.3 Å². The van der Waals surface area contributed by atoms with Gasteiger partial charge >= 0.3 is 0 Å². The van der Waals surface area contributed by atoms with E-state index >= 15 is 0 Å². The normalized spacial score (nSPS) is 12.6. The zero-order valence-corrected chi connectivity index (χ0v) is 14.1. The lowest BCUT2D eigenvalue weighted by Gasteiger charge is -2.24. The molecule has 1 unspecified atom stereocenters. The number of carbonyl (C=O) groups excluding carboxylic acids is 2. The van der Waals surface area contributed by atoms with Crippen molar-refractivity contribution in [3.8, 4) is 0 Å². The largest absolute Gasteiger partial charge is 0.350 e. The van der Waals surface area contributed by atoms with Gasteiger partial charge in [0.1, 0.15) is 6.04 Å². The van der Waals surface area contributed by atoms with Crippen molar-refractivity contribution in [3.05, 3.63) is 35.4 Å². The summed E-state index contributed by atoms with van der Waals surface area (Å²) < 4.78 is 0. The molecule has 0 radical (unpaired) electrons. The summed E-state index contributed by atoms with van der Waals surface area (Å²) in [7, 11) is 1.88. The number of benzene rings is 1. The lowest BCUT2D eigenvalue weighted by molar-refractivity contribution is -0.124. The van der Waals surface area contributed by atoms with Gasteiger partial charge in [-0.3, -0.25) is 9.59 Å². The highest BCUT2D eigenvalue weighted by Crippen LogP contribution is 2.10. The van der Waals surface area contributed by atoms with Crippen molar-refractivity contribution in [1.29, 1.82) is 0 Å². The Hall–Kier alpha value is -1.88. The first-order chi connectivity index (χ1) is 10.2. The van der Waals surface area contributed by atoms with Crippen molar-refractivity contribution in [2.45, 2.75) is 45.7 Å². The predicted molar refractivity (Wildman–Crippen MR) is 88.9 cm³/mol. The van der Waals surface area contributed by atoms with Gasteiger partial charge in [0.05, 0.1) is 0 Å². The Morgan fingerprint density at radius 3 is 2.41 bits per heavy atom. The Bertz CT molecular complexity index is 521. The highest BCUT2D eigenvalue weighted by Gasteiger charge is 2.21. The first-order valence-corrected chi connectivity index (χ1v) is 7.60. The van der Waals surface area contributed by atoms with Gasteiger partial charge in [0.25, 0.3) is 5.91 Å². The van der Waals surface area contributed by atoms with E-state index in [0.717, 1.165) is 18.5 Å². The van der Waals surface area contributed by atoms with Crippen molar-refractivity contribution in [2.24, 2.45) is 0 Å². The summed E-state index contributed by atoms with van der Waals surface area (Å²) in [6.07, 6.45) is 0.767. The van der Waals surface area contributed by atoms with Gasteiger partial charge in [0, 0.05) is 11.1 Å². The van der Waals surface area contributed by atoms with Gasteiger partial charge in [-0.05, 0) is 59.3 Å². The van der Waals surface area contributed by atoms with E-state index in [1.54, 1.807) is 13.0 Å². The topological polar surface area (TPSA) is 70.2 Å². The molecule has 0 heterocycles. The van der Waals surface area contributed by atoms with E-state index in [4.69, 9.17) is 0 Å². The van der Waals surface area contributed by atoms with Gasteiger partial charge < -0.3 is 16.0 Å². The zero-order chi connectivity index (χ0) is 16.8. The van der Waals surface area contributed by atoms with Gasteiger partial charge in [-0.1, -0.05) is 18.2 Å². The molecule has 1 aromatic rings. The molecule has 0 aliphatic carbocycles. The Balaban J connectivity index is 2.74. The van der Waals surface area contributed by atoms with Gasteiger partial charge in [-0.25, -0.2) is 0 Å². The lowest BCUT2D eigenvalue weighted by Crippen LogP contribution is -2.50. The maximum atomic E-state index is 12.4. The third-order valence-corrected chi connectivity index (χ3v) is 3.15. The second-order valence-electron chi connectivity index (χ2n) is 6.45.